The fourth-order valence-corrected chi connectivity index (χ4v) is 2.58. The highest BCUT2D eigenvalue weighted by Gasteiger charge is 2.25. The number of fused-ring (bicyclic) bond motifs is 1. The van der Waals surface area contributed by atoms with Gasteiger partial charge in [-0.2, -0.15) is 0 Å². The standard InChI is InChI=1S/C15H19N3O2/c1-18(8-10-6-7-10)9-13-14(15(19)17-16)11-4-2-3-5-12(11)20-13/h2-5,10H,6-9,16H2,1H3,(H,17,19). The van der Waals surface area contributed by atoms with Crippen LogP contribution in [0.4, 0.5) is 0 Å². The van der Waals surface area contributed by atoms with Gasteiger partial charge in [-0.15, -0.1) is 0 Å². The molecule has 2 aromatic rings. The Morgan fingerprint density at radius 2 is 2.20 bits per heavy atom. The van der Waals surface area contributed by atoms with E-state index in [1.54, 1.807) is 0 Å². The number of carbonyl (C=O) groups is 1. The highest BCUT2D eigenvalue weighted by atomic mass is 16.3. The summed E-state index contributed by atoms with van der Waals surface area (Å²) in [6.07, 6.45) is 2.61. The zero-order chi connectivity index (χ0) is 14.1. The highest BCUT2D eigenvalue weighted by molar-refractivity contribution is 6.07. The van der Waals surface area contributed by atoms with Crippen molar-refractivity contribution >= 4 is 16.9 Å². The molecule has 5 heteroatoms. The Morgan fingerprint density at radius 1 is 1.45 bits per heavy atom. The average molecular weight is 273 g/mol. The molecule has 0 aliphatic heterocycles. The van der Waals surface area contributed by atoms with E-state index in [2.05, 4.69) is 17.4 Å². The van der Waals surface area contributed by atoms with Crippen LogP contribution in [0, 0.1) is 5.92 Å². The molecule has 3 N–H and O–H groups in total. The summed E-state index contributed by atoms with van der Waals surface area (Å²) < 4.78 is 5.84. The van der Waals surface area contributed by atoms with Crippen molar-refractivity contribution in [1.82, 2.24) is 10.3 Å². The molecule has 1 aromatic carbocycles. The van der Waals surface area contributed by atoms with Gasteiger partial charge in [-0.25, -0.2) is 5.84 Å². The molecule has 0 radical (unpaired) electrons. The zero-order valence-electron chi connectivity index (χ0n) is 11.6. The molecule has 1 fully saturated rings. The van der Waals surface area contributed by atoms with Gasteiger partial charge in [-0.1, -0.05) is 18.2 Å². The molecule has 0 atom stereocenters. The first-order chi connectivity index (χ1) is 9.69. The van der Waals surface area contributed by atoms with E-state index in [9.17, 15) is 4.79 Å². The molecule has 20 heavy (non-hydrogen) atoms. The predicted molar refractivity (Wildman–Crippen MR) is 76.9 cm³/mol. The molecule has 1 aliphatic carbocycles. The maximum Gasteiger partial charge on any atom is 0.269 e. The summed E-state index contributed by atoms with van der Waals surface area (Å²) >= 11 is 0. The van der Waals surface area contributed by atoms with E-state index in [1.807, 2.05) is 24.3 Å². The smallest absolute Gasteiger partial charge is 0.269 e. The Morgan fingerprint density at radius 3 is 2.90 bits per heavy atom. The van der Waals surface area contributed by atoms with Gasteiger partial charge in [0.25, 0.3) is 5.91 Å². The molecular formula is C15H19N3O2. The lowest BCUT2D eigenvalue weighted by atomic mass is 10.1. The number of nitrogens with zero attached hydrogens (tertiary/aromatic N) is 1. The van der Waals surface area contributed by atoms with Gasteiger partial charge in [-0.05, 0) is 31.9 Å². The summed E-state index contributed by atoms with van der Waals surface area (Å²) in [7, 11) is 2.05. The second-order valence-electron chi connectivity index (χ2n) is 5.51. The van der Waals surface area contributed by atoms with Crippen molar-refractivity contribution in [2.24, 2.45) is 11.8 Å². The monoisotopic (exact) mass is 273 g/mol. The SMILES string of the molecule is CN(Cc1oc2ccccc2c1C(=O)NN)CC1CC1. The van der Waals surface area contributed by atoms with E-state index < -0.39 is 0 Å². The summed E-state index contributed by atoms with van der Waals surface area (Å²) in [5, 5.41) is 0.810. The van der Waals surface area contributed by atoms with Crippen molar-refractivity contribution in [3.8, 4) is 0 Å². The Kier molecular flexibility index (Phi) is 3.46. The van der Waals surface area contributed by atoms with Crippen LogP contribution in [0.25, 0.3) is 11.0 Å². The molecule has 1 heterocycles. The Hall–Kier alpha value is -1.85. The predicted octanol–water partition coefficient (Wildman–Crippen LogP) is 1.88. The van der Waals surface area contributed by atoms with Gasteiger partial charge in [0, 0.05) is 11.9 Å². The number of benzene rings is 1. The summed E-state index contributed by atoms with van der Waals surface area (Å²) in [6.45, 7) is 1.66. The average Bonchev–Trinajstić information content (AvgIpc) is 3.17. The van der Waals surface area contributed by atoms with Crippen molar-refractivity contribution in [3.63, 3.8) is 0 Å². The summed E-state index contributed by atoms with van der Waals surface area (Å²) in [4.78, 5) is 14.2. The topological polar surface area (TPSA) is 71.5 Å². The van der Waals surface area contributed by atoms with E-state index in [4.69, 9.17) is 10.3 Å². The van der Waals surface area contributed by atoms with Gasteiger partial charge in [-0.3, -0.25) is 15.1 Å². The van der Waals surface area contributed by atoms with Crippen LogP contribution in [0.3, 0.4) is 0 Å². The normalized spacial score (nSPS) is 14.9. The van der Waals surface area contributed by atoms with E-state index in [0.29, 0.717) is 17.9 Å². The van der Waals surface area contributed by atoms with Gasteiger partial charge >= 0.3 is 0 Å². The van der Waals surface area contributed by atoms with Crippen LogP contribution >= 0.6 is 0 Å². The van der Waals surface area contributed by atoms with Gasteiger partial charge in [0.05, 0.1) is 12.1 Å². The fourth-order valence-electron chi connectivity index (χ4n) is 2.58. The van der Waals surface area contributed by atoms with Crippen LogP contribution in [-0.2, 0) is 6.54 Å². The number of rotatable bonds is 5. The number of nitrogens with one attached hydrogen (secondary N) is 1. The number of furan rings is 1. The van der Waals surface area contributed by atoms with E-state index in [1.165, 1.54) is 12.8 Å². The lowest BCUT2D eigenvalue weighted by molar-refractivity contribution is 0.0951. The maximum atomic E-state index is 12.0. The molecule has 106 valence electrons. The maximum absolute atomic E-state index is 12.0. The van der Waals surface area contributed by atoms with Crippen molar-refractivity contribution in [1.29, 1.82) is 0 Å². The van der Waals surface area contributed by atoms with E-state index in [-0.39, 0.29) is 5.91 Å². The molecule has 5 nitrogen and oxygen atoms in total. The van der Waals surface area contributed by atoms with Gasteiger partial charge in [0.15, 0.2) is 0 Å². The summed E-state index contributed by atoms with van der Waals surface area (Å²) in [5.41, 5.74) is 3.48. The minimum atomic E-state index is -0.301. The molecule has 3 rings (SSSR count). The number of hydrogen-bond donors (Lipinski definition) is 2. The highest BCUT2D eigenvalue weighted by Crippen LogP contribution is 2.31. The van der Waals surface area contributed by atoms with Crippen molar-refractivity contribution in [2.45, 2.75) is 19.4 Å². The van der Waals surface area contributed by atoms with Gasteiger partial charge in [0.1, 0.15) is 11.3 Å². The van der Waals surface area contributed by atoms with Crippen molar-refractivity contribution in [3.05, 3.63) is 35.6 Å². The van der Waals surface area contributed by atoms with Crippen LogP contribution < -0.4 is 11.3 Å². The molecule has 0 bridgehead atoms. The molecular weight excluding hydrogens is 254 g/mol. The number of amides is 1. The zero-order valence-corrected chi connectivity index (χ0v) is 11.6. The molecule has 0 unspecified atom stereocenters. The second kappa shape index (κ2) is 5.26. The number of carbonyl (C=O) groups excluding carboxylic acids is 1. The fraction of sp³-hybridized carbons (Fsp3) is 0.400. The Balaban J connectivity index is 1.93. The summed E-state index contributed by atoms with van der Waals surface area (Å²) in [6, 6.07) is 7.54. The minimum Gasteiger partial charge on any atom is -0.459 e. The molecule has 1 aromatic heterocycles. The Bertz CT molecular complexity index is 631. The third-order valence-electron chi connectivity index (χ3n) is 3.71. The van der Waals surface area contributed by atoms with Gasteiger partial charge in [0.2, 0.25) is 0 Å². The first kappa shape index (κ1) is 13.1. The molecule has 1 saturated carbocycles. The largest absolute Gasteiger partial charge is 0.459 e. The van der Waals surface area contributed by atoms with Gasteiger partial charge < -0.3 is 4.42 Å². The molecule has 0 spiro atoms. The number of hydrogen-bond acceptors (Lipinski definition) is 4. The molecule has 0 saturated heterocycles. The number of nitrogens with two attached hydrogens (primary N) is 1. The lowest BCUT2D eigenvalue weighted by Crippen LogP contribution is -2.31. The second-order valence-corrected chi connectivity index (χ2v) is 5.51. The number of nitrogen functional groups attached to an aromatic ring is 1. The number of para-hydroxylation sites is 1. The third kappa shape index (κ3) is 2.55. The van der Waals surface area contributed by atoms with E-state index >= 15 is 0 Å². The Labute approximate surface area is 117 Å². The first-order valence-electron chi connectivity index (χ1n) is 6.89. The van der Waals surface area contributed by atoms with Crippen LogP contribution in [0.2, 0.25) is 0 Å². The lowest BCUT2D eigenvalue weighted by Gasteiger charge is -2.15. The van der Waals surface area contributed by atoms with Crippen LogP contribution in [0.5, 0.6) is 0 Å². The minimum absolute atomic E-state index is 0.301. The number of hydrazine groups is 1. The van der Waals surface area contributed by atoms with Crippen LogP contribution in [-0.4, -0.2) is 24.4 Å². The van der Waals surface area contributed by atoms with E-state index in [0.717, 1.165) is 23.4 Å². The third-order valence-corrected chi connectivity index (χ3v) is 3.71. The summed E-state index contributed by atoms with van der Waals surface area (Å²) in [5.74, 6) is 6.47. The van der Waals surface area contributed by atoms with Crippen LogP contribution in [0.15, 0.2) is 28.7 Å². The molecule has 1 aliphatic rings. The van der Waals surface area contributed by atoms with Crippen molar-refractivity contribution < 1.29 is 9.21 Å². The molecule has 1 amide bonds. The first-order valence-corrected chi connectivity index (χ1v) is 6.89. The quantitative estimate of drug-likeness (QED) is 0.495. The van der Waals surface area contributed by atoms with Crippen LogP contribution in [0.1, 0.15) is 29.0 Å². The van der Waals surface area contributed by atoms with Crippen molar-refractivity contribution in [2.75, 3.05) is 13.6 Å².